The van der Waals surface area contributed by atoms with Gasteiger partial charge >= 0.3 is 0 Å². The van der Waals surface area contributed by atoms with Gasteiger partial charge in [0.05, 0.1) is 11.7 Å². The Kier molecular flexibility index (Phi) is 3.57. The summed E-state index contributed by atoms with van der Waals surface area (Å²) in [5.74, 6) is 0. The Morgan fingerprint density at radius 1 is 1.47 bits per heavy atom. The van der Waals surface area contributed by atoms with Crippen molar-refractivity contribution in [3.05, 3.63) is 18.0 Å². The Balaban J connectivity index is 2.22. The van der Waals surface area contributed by atoms with Crippen molar-refractivity contribution in [1.82, 2.24) is 15.1 Å². The predicted molar refractivity (Wildman–Crippen MR) is 71.0 cm³/mol. The minimum atomic E-state index is 0.438. The van der Waals surface area contributed by atoms with Crippen LogP contribution in [0.3, 0.4) is 0 Å². The number of rotatable bonds is 6. The van der Waals surface area contributed by atoms with Gasteiger partial charge in [0.2, 0.25) is 0 Å². The van der Waals surface area contributed by atoms with Crippen molar-refractivity contribution in [2.45, 2.75) is 59.0 Å². The maximum atomic E-state index is 4.46. The molecule has 1 aromatic rings. The van der Waals surface area contributed by atoms with E-state index in [9.17, 15) is 0 Å². The zero-order valence-electron chi connectivity index (χ0n) is 11.5. The van der Waals surface area contributed by atoms with Gasteiger partial charge in [0, 0.05) is 12.2 Å². The van der Waals surface area contributed by atoms with E-state index in [0.717, 1.165) is 6.54 Å². The van der Waals surface area contributed by atoms with E-state index in [1.54, 1.807) is 0 Å². The molecule has 1 saturated carbocycles. The van der Waals surface area contributed by atoms with E-state index in [1.165, 1.54) is 25.0 Å². The fourth-order valence-electron chi connectivity index (χ4n) is 2.47. The Labute approximate surface area is 105 Å². The fourth-order valence-corrected chi connectivity index (χ4v) is 2.47. The van der Waals surface area contributed by atoms with Gasteiger partial charge in [0.15, 0.2) is 0 Å². The summed E-state index contributed by atoms with van der Waals surface area (Å²) in [6, 6.07) is 3.08. The van der Waals surface area contributed by atoms with Gasteiger partial charge < -0.3 is 5.32 Å². The fraction of sp³-hybridized carbons (Fsp3) is 0.786. The van der Waals surface area contributed by atoms with Crippen LogP contribution in [-0.2, 0) is 0 Å². The van der Waals surface area contributed by atoms with Crippen LogP contribution in [0.4, 0.5) is 0 Å². The molecule has 1 fully saturated rings. The molecule has 0 aliphatic heterocycles. The molecule has 1 aliphatic carbocycles. The van der Waals surface area contributed by atoms with E-state index >= 15 is 0 Å². The van der Waals surface area contributed by atoms with Crippen LogP contribution in [0, 0.1) is 5.41 Å². The number of aromatic nitrogens is 2. The van der Waals surface area contributed by atoms with E-state index in [0.29, 0.717) is 17.5 Å². The molecule has 1 heterocycles. The van der Waals surface area contributed by atoms with Crippen molar-refractivity contribution in [3.8, 4) is 0 Å². The van der Waals surface area contributed by atoms with Crippen LogP contribution in [0.5, 0.6) is 0 Å². The van der Waals surface area contributed by atoms with Crippen LogP contribution in [0.2, 0.25) is 0 Å². The standard InChI is InChI=1S/C14H25N3/c1-5-9-15-13(14(4)7-8-14)12-6-10-16-17(12)11(2)3/h6,10-11,13,15H,5,7-9H2,1-4H3. The van der Waals surface area contributed by atoms with Gasteiger partial charge in [-0.1, -0.05) is 13.8 Å². The summed E-state index contributed by atoms with van der Waals surface area (Å²) < 4.78 is 2.16. The first-order valence-electron chi connectivity index (χ1n) is 6.85. The molecule has 1 atom stereocenters. The maximum Gasteiger partial charge on any atom is 0.0562 e. The third kappa shape index (κ3) is 2.54. The Hall–Kier alpha value is -0.830. The van der Waals surface area contributed by atoms with Gasteiger partial charge in [-0.05, 0) is 51.1 Å². The van der Waals surface area contributed by atoms with Crippen molar-refractivity contribution in [3.63, 3.8) is 0 Å². The molecule has 0 radical (unpaired) electrons. The SMILES string of the molecule is CCCNC(c1ccnn1C(C)C)C1(C)CC1. The van der Waals surface area contributed by atoms with E-state index in [2.05, 4.69) is 48.9 Å². The van der Waals surface area contributed by atoms with Crippen LogP contribution in [0.15, 0.2) is 12.3 Å². The average molecular weight is 235 g/mol. The third-order valence-electron chi connectivity index (χ3n) is 3.82. The molecule has 1 aliphatic rings. The second kappa shape index (κ2) is 4.81. The molecular weight excluding hydrogens is 210 g/mol. The van der Waals surface area contributed by atoms with Crippen molar-refractivity contribution in [2.24, 2.45) is 5.41 Å². The highest BCUT2D eigenvalue weighted by Crippen LogP contribution is 2.54. The summed E-state index contributed by atoms with van der Waals surface area (Å²) in [4.78, 5) is 0. The molecule has 3 heteroatoms. The highest BCUT2D eigenvalue weighted by Gasteiger charge is 2.46. The first-order chi connectivity index (χ1) is 8.08. The minimum Gasteiger partial charge on any atom is -0.308 e. The lowest BCUT2D eigenvalue weighted by atomic mass is 9.95. The molecule has 1 N–H and O–H groups in total. The Morgan fingerprint density at radius 2 is 2.18 bits per heavy atom. The summed E-state index contributed by atoms with van der Waals surface area (Å²) in [6.07, 6.45) is 5.78. The number of hydrogen-bond donors (Lipinski definition) is 1. The largest absolute Gasteiger partial charge is 0.308 e. The predicted octanol–water partition coefficient (Wildman–Crippen LogP) is 3.30. The van der Waals surface area contributed by atoms with E-state index < -0.39 is 0 Å². The lowest BCUT2D eigenvalue weighted by Gasteiger charge is -2.27. The summed E-state index contributed by atoms with van der Waals surface area (Å²) in [6.45, 7) is 10.1. The van der Waals surface area contributed by atoms with Gasteiger partial charge in [-0.15, -0.1) is 0 Å². The monoisotopic (exact) mass is 235 g/mol. The normalized spacial score (nSPS) is 19.6. The zero-order valence-corrected chi connectivity index (χ0v) is 11.5. The van der Waals surface area contributed by atoms with Crippen molar-refractivity contribution in [1.29, 1.82) is 0 Å². The first kappa shape index (κ1) is 12.6. The summed E-state index contributed by atoms with van der Waals surface area (Å²) in [5, 5.41) is 8.17. The van der Waals surface area contributed by atoms with Crippen molar-refractivity contribution < 1.29 is 0 Å². The smallest absolute Gasteiger partial charge is 0.0562 e. The quantitative estimate of drug-likeness (QED) is 0.820. The van der Waals surface area contributed by atoms with Gasteiger partial charge in [-0.25, -0.2) is 0 Å². The third-order valence-corrected chi connectivity index (χ3v) is 3.82. The minimum absolute atomic E-state index is 0.438. The van der Waals surface area contributed by atoms with Crippen LogP contribution >= 0.6 is 0 Å². The molecular formula is C14H25N3. The molecule has 0 aromatic carbocycles. The van der Waals surface area contributed by atoms with Crippen LogP contribution in [0.1, 0.15) is 64.7 Å². The van der Waals surface area contributed by atoms with Gasteiger partial charge in [0.25, 0.3) is 0 Å². The second-order valence-electron chi connectivity index (χ2n) is 5.84. The summed E-state index contributed by atoms with van der Waals surface area (Å²) in [5.41, 5.74) is 1.80. The average Bonchev–Trinajstić information content (AvgIpc) is 2.84. The van der Waals surface area contributed by atoms with Crippen molar-refractivity contribution >= 4 is 0 Å². The number of nitrogens with one attached hydrogen (secondary N) is 1. The molecule has 0 saturated heterocycles. The maximum absolute atomic E-state index is 4.46. The van der Waals surface area contributed by atoms with E-state index in [4.69, 9.17) is 0 Å². The second-order valence-corrected chi connectivity index (χ2v) is 5.84. The highest BCUT2D eigenvalue weighted by molar-refractivity contribution is 5.16. The van der Waals surface area contributed by atoms with Gasteiger partial charge in [-0.3, -0.25) is 4.68 Å². The molecule has 0 bridgehead atoms. The number of hydrogen-bond acceptors (Lipinski definition) is 2. The summed E-state index contributed by atoms with van der Waals surface area (Å²) in [7, 11) is 0. The van der Waals surface area contributed by atoms with Crippen LogP contribution in [-0.4, -0.2) is 16.3 Å². The van der Waals surface area contributed by atoms with Crippen molar-refractivity contribution in [2.75, 3.05) is 6.54 Å². The van der Waals surface area contributed by atoms with Gasteiger partial charge in [-0.2, -0.15) is 5.10 Å². The molecule has 0 spiro atoms. The lowest BCUT2D eigenvalue weighted by molar-refractivity contribution is 0.334. The molecule has 0 amide bonds. The molecule has 2 rings (SSSR count). The summed E-state index contributed by atoms with van der Waals surface area (Å²) >= 11 is 0. The molecule has 17 heavy (non-hydrogen) atoms. The lowest BCUT2D eigenvalue weighted by Crippen LogP contribution is -2.31. The van der Waals surface area contributed by atoms with E-state index in [-0.39, 0.29) is 0 Å². The van der Waals surface area contributed by atoms with Crippen LogP contribution in [0.25, 0.3) is 0 Å². The van der Waals surface area contributed by atoms with Crippen LogP contribution < -0.4 is 5.32 Å². The Morgan fingerprint density at radius 3 is 2.71 bits per heavy atom. The zero-order chi connectivity index (χ0) is 12.5. The topological polar surface area (TPSA) is 29.9 Å². The molecule has 1 unspecified atom stereocenters. The van der Waals surface area contributed by atoms with E-state index in [1.807, 2.05) is 6.20 Å². The first-order valence-corrected chi connectivity index (χ1v) is 6.85. The molecule has 1 aromatic heterocycles. The van der Waals surface area contributed by atoms with Gasteiger partial charge in [0.1, 0.15) is 0 Å². The Bertz CT molecular complexity index is 363. The number of nitrogens with zero attached hydrogens (tertiary/aromatic N) is 2. The molecule has 3 nitrogen and oxygen atoms in total. The highest BCUT2D eigenvalue weighted by atomic mass is 15.3. The molecule has 96 valence electrons.